The quantitative estimate of drug-likeness (QED) is 0.610. The summed E-state index contributed by atoms with van der Waals surface area (Å²) in [6.45, 7) is 7.81. The van der Waals surface area contributed by atoms with Crippen LogP contribution in [0.15, 0.2) is 66.9 Å². The lowest BCUT2D eigenvalue weighted by Crippen LogP contribution is -2.44. The minimum atomic E-state index is -0.438. The molecule has 1 aliphatic rings. The molecule has 0 aliphatic carbocycles. The maximum absolute atomic E-state index is 14.0. The van der Waals surface area contributed by atoms with E-state index in [1.54, 1.807) is 23.1 Å². The van der Waals surface area contributed by atoms with Crippen LogP contribution >= 0.6 is 0 Å². The molecule has 0 saturated heterocycles. The number of hydrogen-bond donors (Lipinski definition) is 1. The van der Waals surface area contributed by atoms with Crippen LogP contribution in [0.5, 0.6) is 0 Å². The number of fused-ring (bicyclic) bond motifs is 1. The third kappa shape index (κ3) is 3.77. The summed E-state index contributed by atoms with van der Waals surface area (Å²) in [6, 6.07) is 18.2. The average molecular weight is 391 g/mol. The number of benzene rings is 2. The fourth-order valence-corrected chi connectivity index (χ4v) is 3.87. The summed E-state index contributed by atoms with van der Waals surface area (Å²) >= 11 is 0. The fourth-order valence-electron chi connectivity index (χ4n) is 3.87. The molecule has 150 valence electrons. The van der Waals surface area contributed by atoms with Crippen molar-refractivity contribution in [2.75, 3.05) is 11.9 Å². The van der Waals surface area contributed by atoms with Crippen molar-refractivity contribution in [3.05, 3.63) is 89.5 Å². The van der Waals surface area contributed by atoms with E-state index in [1.165, 1.54) is 11.6 Å². The molecule has 1 aliphatic heterocycles. The van der Waals surface area contributed by atoms with Gasteiger partial charge >= 0.3 is 6.03 Å². The van der Waals surface area contributed by atoms with Crippen LogP contribution in [-0.2, 0) is 12.0 Å². The molecule has 2 aromatic carbocycles. The summed E-state index contributed by atoms with van der Waals surface area (Å²) in [7, 11) is 0. The molecular formula is C24H26FN3O. The van der Waals surface area contributed by atoms with Gasteiger partial charge in [0.05, 0.1) is 11.7 Å². The van der Waals surface area contributed by atoms with Gasteiger partial charge in [-0.25, -0.2) is 9.18 Å². The van der Waals surface area contributed by atoms with E-state index in [4.69, 9.17) is 0 Å². The van der Waals surface area contributed by atoms with Crippen LogP contribution in [0.25, 0.3) is 0 Å². The maximum atomic E-state index is 14.0. The number of hydrogen-bond acceptors (Lipinski definition) is 1. The molecule has 2 heterocycles. The normalized spacial score (nSPS) is 16.4. The number of nitrogens with one attached hydrogen (secondary N) is 1. The van der Waals surface area contributed by atoms with E-state index in [2.05, 4.69) is 54.9 Å². The van der Waals surface area contributed by atoms with Crippen molar-refractivity contribution in [3.63, 3.8) is 0 Å². The number of amides is 2. The topological polar surface area (TPSA) is 37.3 Å². The van der Waals surface area contributed by atoms with E-state index < -0.39 is 5.82 Å². The van der Waals surface area contributed by atoms with Gasteiger partial charge in [-0.15, -0.1) is 0 Å². The number of para-hydroxylation sites is 1. The third-order valence-corrected chi connectivity index (χ3v) is 5.51. The highest BCUT2D eigenvalue weighted by atomic mass is 19.1. The highest BCUT2D eigenvalue weighted by Gasteiger charge is 2.32. The first-order valence-corrected chi connectivity index (χ1v) is 9.92. The van der Waals surface area contributed by atoms with Crippen molar-refractivity contribution >= 4 is 11.7 Å². The third-order valence-electron chi connectivity index (χ3n) is 5.51. The monoisotopic (exact) mass is 391 g/mol. The van der Waals surface area contributed by atoms with Gasteiger partial charge in [-0.2, -0.15) is 0 Å². The van der Waals surface area contributed by atoms with Gasteiger partial charge in [0, 0.05) is 25.0 Å². The summed E-state index contributed by atoms with van der Waals surface area (Å²) in [5, 5.41) is 2.74. The minimum absolute atomic E-state index is 0.0627. The number of carbonyl (C=O) groups is 1. The van der Waals surface area contributed by atoms with Gasteiger partial charge in [0.15, 0.2) is 0 Å². The molecule has 1 atom stereocenters. The van der Waals surface area contributed by atoms with Crippen molar-refractivity contribution in [1.82, 2.24) is 9.47 Å². The molecule has 0 radical (unpaired) electrons. The van der Waals surface area contributed by atoms with E-state index in [-0.39, 0.29) is 23.2 Å². The predicted octanol–water partition coefficient (Wildman–Crippen LogP) is 5.56. The molecular weight excluding hydrogens is 365 g/mol. The lowest BCUT2D eigenvalue weighted by atomic mass is 9.86. The number of rotatable bonds is 2. The molecule has 1 N–H and O–H groups in total. The van der Waals surface area contributed by atoms with E-state index in [1.807, 2.05) is 18.3 Å². The molecule has 29 heavy (non-hydrogen) atoms. The highest BCUT2D eigenvalue weighted by Crippen LogP contribution is 2.34. The van der Waals surface area contributed by atoms with Crippen LogP contribution in [0, 0.1) is 5.82 Å². The maximum Gasteiger partial charge on any atom is 0.322 e. The second-order valence-corrected chi connectivity index (χ2v) is 8.50. The zero-order valence-corrected chi connectivity index (χ0v) is 17.0. The standard InChI is InChI=1S/C24H26FN3O/c1-24(2,3)18-12-10-17(11-13-18)22-21-9-6-14-27(21)15-16-28(22)23(29)26-20-8-5-4-7-19(20)25/h4-14,22H,15-16H2,1-3H3,(H,26,29). The number of nitrogens with zero attached hydrogens (tertiary/aromatic N) is 2. The lowest BCUT2D eigenvalue weighted by molar-refractivity contribution is 0.181. The second kappa shape index (κ2) is 7.39. The smallest absolute Gasteiger partial charge is 0.322 e. The molecule has 0 bridgehead atoms. The first-order chi connectivity index (χ1) is 13.8. The van der Waals surface area contributed by atoms with Gasteiger partial charge < -0.3 is 14.8 Å². The van der Waals surface area contributed by atoms with Crippen molar-refractivity contribution in [1.29, 1.82) is 0 Å². The molecule has 0 fully saturated rings. The molecule has 4 rings (SSSR count). The minimum Gasteiger partial charge on any atom is -0.348 e. The zero-order valence-electron chi connectivity index (χ0n) is 17.0. The predicted molar refractivity (Wildman–Crippen MR) is 114 cm³/mol. The first kappa shape index (κ1) is 19.2. The Kier molecular flexibility index (Phi) is 4.91. The van der Waals surface area contributed by atoms with E-state index in [0.717, 1.165) is 11.3 Å². The van der Waals surface area contributed by atoms with Crippen molar-refractivity contribution in [2.24, 2.45) is 0 Å². The molecule has 3 aromatic rings. The number of carbonyl (C=O) groups excluding carboxylic acids is 1. The molecule has 4 nitrogen and oxygen atoms in total. The molecule has 1 unspecified atom stereocenters. The lowest BCUT2D eigenvalue weighted by Gasteiger charge is -2.37. The Morgan fingerprint density at radius 3 is 2.41 bits per heavy atom. The highest BCUT2D eigenvalue weighted by molar-refractivity contribution is 5.90. The van der Waals surface area contributed by atoms with Crippen LogP contribution in [0.1, 0.15) is 43.6 Å². The number of urea groups is 1. The van der Waals surface area contributed by atoms with Gasteiger partial charge in [0.1, 0.15) is 5.82 Å². The van der Waals surface area contributed by atoms with Gasteiger partial charge in [0.2, 0.25) is 0 Å². The Morgan fingerprint density at radius 1 is 1.00 bits per heavy atom. The number of halogens is 1. The summed E-state index contributed by atoms with van der Waals surface area (Å²) in [4.78, 5) is 14.9. The Balaban J connectivity index is 1.68. The fraction of sp³-hybridized carbons (Fsp3) is 0.292. The van der Waals surface area contributed by atoms with E-state index in [0.29, 0.717) is 13.1 Å². The Hall–Kier alpha value is -3.08. The Labute approximate surface area is 171 Å². The molecule has 2 amide bonds. The summed E-state index contributed by atoms with van der Waals surface area (Å²) in [6.07, 6.45) is 2.04. The molecule has 5 heteroatoms. The second-order valence-electron chi connectivity index (χ2n) is 8.50. The number of aromatic nitrogens is 1. The van der Waals surface area contributed by atoms with Crippen LogP contribution in [0.4, 0.5) is 14.9 Å². The van der Waals surface area contributed by atoms with Crippen LogP contribution in [0.2, 0.25) is 0 Å². The summed E-state index contributed by atoms with van der Waals surface area (Å²) < 4.78 is 16.2. The Morgan fingerprint density at radius 2 is 1.72 bits per heavy atom. The van der Waals surface area contributed by atoms with E-state index in [9.17, 15) is 9.18 Å². The van der Waals surface area contributed by atoms with Crippen LogP contribution in [-0.4, -0.2) is 22.0 Å². The van der Waals surface area contributed by atoms with Gasteiger partial charge in [-0.1, -0.05) is 57.2 Å². The Bertz CT molecular complexity index is 1020. The van der Waals surface area contributed by atoms with Crippen molar-refractivity contribution in [2.45, 2.75) is 38.8 Å². The van der Waals surface area contributed by atoms with Crippen molar-refractivity contribution < 1.29 is 9.18 Å². The molecule has 1 aromatic heterocycles. The van der Waals surface area contributed by atoms with Crippen molar-refractivity contribution in [3.8, 4) is 0 Å². The van der Waals surface area contributed by atoms with E-state index >= 15 is 0 Å². The molecule has 0 spiro atoms. The summed E-state index contributed by atoms with van der Waals surface area (Å²) in [5.74, 6) is -0.438. The van der Waals surface area contributed by atoms with Gasteiger partial charge in [-0.05, 0) is 40.8 Å². The average Bonchev–Trinajstić information content (AvgIpc) is 3.17. The van der Waals surface area contributed by atoms with Crippen LogP contribution in [0.3, 0.4) is 0 Å². The van der Waals surface area contributed by atoms with Gasteiger partial charge in [0.25, 0.3) is 0 Å². The largest absolute Gasteiger partial charge is 0.348 e. The zero-order chi connectivity index (χ0) is 20.6. The SMILES string of the molecule is CC(C)(C)c1ccc(C2c3cccn3CCN2C(=O)Nc2ccccc2F)cc1. The van der Waals surface area contributed by atoms with Gasteiger partial charge in [-0.3, -0.25) is 0 Å². The molecule has 0 saturated carbocycles. The number of anilines is 1. The first-order valence-electron chi connectivity index (χ1n) is 9.92. The summed E-state index contributed by atoms with van der Waals surface area (Å²) in [5.41, 5.74) is 3.60. The van der Waals surface area contributed by atoms with Crippen LogP contribution < -0.4 is 5.32 Å².